The van der Waals surface area contributed by atoms with Crippen molar-refractivity contribution in [2.24, 2.45) is 0 Å². The van der Waals surface area contributed by atoms with E-state index in [2.05, 4.69) is 0 Å². The van der Waals surface area contributed by atoms with E-state index in [0.29, 0.717) is 19.5 Å². The van der Waals surface area contributed by atoms with Crippen molar-refractivity contribution in [3.05, 3.63) is 24.5 Å². The zero-order valence-electron chi connectivity index (χ0n) is 9.74. The maximum Gasteiger partial charge on any atom is 0.242 e. The molecule has 0 aliphatic carbocycles. The lowest BCUT2D eigenvalue weighted by Crippen LogP contribution is -2.33. The van der Waals surface area contributed by atoms with E-state index < -0.39 is 15.1 Å². The summed E-state index contributed by atoms with van der Waals surface area (Å²) >= 11 is 0. The largest absolute Gasteiger partial charge is 0.345 e. The van der Waals surface area contributed by atoms with Crippen LogP contribution in [0.4, 0.5) is 0 Å². The van der Waals surface area contributed by atoms with Crippen molar-refractivity contribution < 1.29 is 13.2 Å². The van der Waals surface area contributed by atoms with Crippen LogP contribution in [0.1, 0.15) is 6.42 Å². The smallest absolute Gasteiger partial charge is 0.242 e. The first-order valence-electron chi connectivity index (χ1n) is 5.54. The normalized spacial score (nSPS) is 20.8. The van der Waals surface area contributed by atoms with Gasteiger partial charge in [0.15, 0.2) is 9.84 Å². The van der Waals surface area contributed by atoms with E-state index in [1.54, 1.807) is 9.47 Å². The van der Waals surface area contributed by atoms with Gasteiger partial charge in [-0.1, -0.05) is 0 Å². The van der Waals surface area contributed by atoms with Crippen LogP contribution in [0, 0.1) is 0 Å². The van der Waals surface area contributed by atoms with Gasteiger partial charge >= 0.3 is 0 Å². The molecule has 0 bridgehead atoms. The number of hydrogen-bond donors (Lipinski definition) is 0. The molecule has 0 spiro atoms. The van der Waals surface area contributed by atoms with Crippen LogP contribution in [0.25, 0.3) is 0 Å². The van der Waals surface area contributed by atoms with E-state index >= 15 is 0 Å². The molecule has 6 heteroatoms. The van der Waals surface area contributed by atoms with Crippen LogP contribution >= 0.6 is 0 Å². The molecule has 0 saturated carbocycles. The second-order valence-corrected chi connectivity index (χ2v) is 6.76. The van der Waals surface area contributed by atoms with Crippen molar-refractivity contribution in [2.45, 2.75) is 18.2 Å². The Bertz CT molecular complexity index is 493. The summed E-state index contributed by atoms with van der Waals surface area (Å²) in [5, 5.41) is -0.392. The molecule has 17 heavy (non-hydrogen) atoms. The molecule has 1 aromatic rings. The highest BCUT2D eigenvalue weighted by Gasteiger charge is 2.32. The van der Waals surface area contributed by atoms with E-state index in [0.717, 1.165) is 0 Å². The van der Waals surface area contributed by atoms with Crippen LogP contribution in [-0.2, 0) is 21.2 Å². The lowest BCUT2D eigenvalue weighted by atomic mass is 10.4. The molecule has 1 unspecified atom stereocenters. The third-order valence-electron chi connectivity index (χ3n) is 3.09. The number of likely N-dealkylation sites (tertiary alicyclic amines) is 1. The molecule has 1 aliphatic heterocycles. The number of nitrogens with zero attached hydrogens (tertiary/aromatic N) is 2. The Hall–Kier alpha value is -1.30. The summed E-state index contributed by atoms with van der Waals surface area (Å²) in [6.07, 6.45) is 5.43. The molecule has 1 saturated heterocycles. The first kappa shape index (κ1) is 12.2. The molecule has 1 amide bonds. The number of rotatable bonds is 3. The SMILES string of the molecule is CS(=O)(=O)C1CCN(C(=O)Cn2cccc2)C1. The average molecular weight is 256 g/mol. The number of hydrogen-bond acceptors (Lipinski definition) is 3. The molecule has 1 aromatic heterocycles. The summed E-state index contributed by atoms with van der Waals surface area (Å²) in [4.78, 5) is 13.5. The highest BCUT2D eigenvalue weighted by atomic mass is 32.2. The maximum absolute atomic E-state index is 11.9. The highest BCUT2D eigenvalue weighted by molar-refractivity contribution is 7.91. The Morgan fingerprint density at radius 3 is 2.53 bits per heavy atom. The first-order valence-corrected chi connectivity index (χ1v) is 7.49. The Morgan fingerprint density at radius 1 is 1.35 bits per heavy atom. The van der Waals surface area contributed by atoms with Crippen LogP contribution in [0.3, 0.4) is 0 Å². The van der Waals surface area contributed by atoms with Crippen molar-refractivity contribution in [3.8, 4) is 0 Å². The number of amides is 1. The zero-order valence-corrected chi connectivity index (χ0v) is 10.6. The summed E-state index contributed by atoms with van der Waals surface area (Å²) in [5.41, 5.74) is 0. The van der Waals surface area contributed by atoms with Gasteiger partial charge in [-0.3, -0.25) is 4.79 Å². The van der Waals surface area contributed by atoms with E-state index in [1.165, 1.54) is 6.26 Å². The quantitative estimate of drug-likeness (QED) is 0.772. The third-order valence-corrected chi connectivity index (χ3v) is 4.68. The van der Waals surface area contributed by atoms with E-state index in [1.807, 2.05) is 24.5 Å². The average Bonchev–Trinajstić information content (AvgIpc) is 2.85. The second kappa shape index (κ2) is 4.52. The summed E-state index contributed by atoms with van der Waals surface area (Å²) < 4.78 is 24.5. The Labute approximate surface area is 101 Å². The van der Waals surface area contributed by atoms with Crippen molar-refractivity contribution in [1.29, 1.82) is 0 Å². The van der Waals surface area contributed by atoms with Gasteiger partial charge in [-0.05, 0) is 18.6 Å². The van der Waals surface area contributed by atoms with Gasteiger partial charge in [-0.2, -0.15) is 0 Å². The number of carbonyl (C=O) groups excluding carboxylic acids is 1. The third kappa shape index (κ3) is 2.88. The van der Waals surface area contributed by atoms with Crippen LogP contribution < -0.4 is 0 Å². The van der Waals surface area contributed by atoms with Gasteiger partial charge < -0.3 is 9.47 Å². The number of sulfone groups is 1. The molecule has 5 nitrogen and oxygen atoms in total. The van der Waals surface area contributed by atoms with Crippen molar-refractivity contribution in [3.63, 3.8) is 0 Å². The predicted molar refractivity (Wildman–Crippen MR) is 64.3 cm³/mol. The Morgan fingerprint density at radius 2 is 2.00 bits per heavy atom. The van der Waals surface area contributed by atoms with Gasteiger partial charge in [0.1, 0.15) is 6.54 Å². The molecule has 1 aliphatic rings. The van der Waals surface area contributed by atoms with Gasteiger partial charge in [0.05, 0.1) is 5.25 Å². The molecule has 0 aromatic carbocycles. The molecule has 1 atom stereocenters. The van der Waals surface area contributed by atoms with Crippen LogP contribution in [-0.4, -0.2) is 48.4 Å². The molecule has 2 rings (SSSR count). The zero-order chi connectivity index (χ0) is 12.5. The molecular weight excluding hydrogens is 240 g/mol. The van der Waals surface area contributed by atoms with E-state index in [9.17, 15) is 13.2 Å². The maximum atomic E-state index is 11.9. The topological polar surface area (TPSA) is 59.4 Å². The lowest BCUT2D eigenvalue weighted by Gasteiger charge is -2.16. The number of carbonyl (C=O) groups is 1. The summed E-state index contributed by atoms with van der Waals surface area (Å²) in [6.45, 7) is 1.15. The fourth-order valence-corrected chi connectivity index (χ4v) is 3.02. The van der Waals surface area contributed by atoms with Crippen molar-refractivity contribution in [1.82, 2.24) is 9.47 Å². The summed E-state index contributed by atoms with van der Waals surface area (Å²) in [6, 6.07) is 3.72. The summed E-state index contributed by atoms with van der Waals surface area (Å²) in [7, 11) is -3.03. The minimum Gasteiger partial charge on any atom is -0.345 e. The standard InChI is InChI=1S/C11H16N2O3S/c1-17(15,16)10-4-7-13(8-10)11(14)9-12-5-2-3-6-12/h2-3,5-6,10H,4,7-9H2,1H3. The molecule has 2 heterocycles. The predicted octanol–water partition coefficient (Wildman–Crippen LogP) is 0.134. The van der Waals surface area contributed by atoms with Gasteiger partial charge in [-0.15, -0.1) is 0 Å². The minimum absolute atomic E-state index is 0.0210. The second-order valence-electron chi connectivity index (χ2n) is 4.44. The van der Waals surface area contributed by atoms with Crippen molar-refractivity contribution in [2.75, 3.05) is 19.3 Å². The van der Waals surface area contributed by atoms with E-state index in [4.69, 9.17) is 0 Å². The van der Waals surface area contributed by atoms with Gasteiger partial charge in [-0.25, -0.2) is 8.42 Å². The summed E-state index contributed by atoms with van der Waals surface area (Å²) in [5.74, 6) is -0.0210. The van der Waals surface area contributed by atoms with Crippen LogP contribution in [0.5, 0.6) is 0 Å². The fourth-order valence-electron chi connectivity index (χ4n) is 2.04. The Balaban J connectivity index is 1.95. The van der Waals surface area contributed by atoms with Crippen LogP contribution in [0.2, 0.25) is 0 Å². The van der Waals surface area contributed by atoms with Gasteiger partial charge in [0.2, 0.25) is 5.91 Å². The Kier molecular flexibility index (Phi) is 3.24. The van der Waals surface area contributed by atoms with Crippen molar-refractivity contribution >= 4 is 15.7 Å². The first-order chi connectivity index (χ1) is 7.97. The van der Waals surface area contributed by atoms with Gasteiger partial charge in [0, 0.05) is 31.7 Å². The monoisotopic (exact) mass is 256 g/mol. The molecular formula is C11H16N2O3S. The highest BCUT2D eigenvalue weighted by Crippen LogP contribution is 2.16. The lowest BCUT2D eigenvalue weighted by molar-refractivity contribution is -0.130. The van der Waals surface area contributed by atoms with Crippen LogP contribution in [0.15, 0.2) is 24.5 Å². The molecule has 1 fully saturated rings. The molecule has 94 valence electrons. The fraction of sp³-hybridized carbons (Fsp3) is 0.545. The number of aromatic nitrogens is 1. The van der Waals surface area contributed by atoms with Gasteiger partial charge in [0.25, 0.3) is 0 Å². The molecule has 0 radical (unpaired) electrons. The molecule has 0 N–H and O–H groups in total. The minimum atomic E-state index is -3.03. The van der Waals surface area contributed by atoms with E-state index in [-0.39, 0.29) is 12.5 Å².